The van der Waals surface area contributed by atoms with Crippen LogP contribution in [0, 0.1) is 22.7 Å². The highest BCUT2D eigenvalue weighted by Gasteiger charge is 2.80. The minimum atomic E-state index is -2.38. The van der Waals surface area contributed by atoms with E-state index < -0.39 is 139 Å². The van der Waals surface area contributed by atoms with E-state index in [2.05, 4.69) is 38.0 Å². The van der Waals surface area contributed by atoms with E-state index in [9.17, 15) is 48.3 Å². The number of Topliss-reactive ketones (excluding diaryl/α,β-unsaturated/α-hetero) is 1. The molecule has 24 nitrogen and oxygen atoms in total. The van der Waals surface area contributed by atoms with Gasteiger partial charge in [-0.05, 0) is 97.4 Å². The highest BCUT2D eigenvalue weighted by atomic mass is 19.1. The van der Waals surface area contributed by atoms with E-state index in [1.807, 2.05) is 49.4 Å². The number of halogens is 2. The van der Waals surface area contributed by atoms with Gasteiger partial charge in [0.25, 0.3) is 0 Å². The number of para-hydroxylation sites is 1. The molecule has 1 unspecified atom stereocenters. The van der Waals surface area contributed by atoms with Crippen LogP contribution < -0.4 is 36.8 Å². The number of carbonyl (C=O) groups excluding carboxylic acids is 9. The second-order valence-corrected chi connectivity index (χ2v) is 25.8. The lowest BCUT2D eigenvalue weighted by atomic mass is 9.44. The van der Waals surface area contributed by atoms with Crippen LogP contribution >= 0.6 is 0 Å². The van der Waals surface area contributed by atoms with Gasteiger partial charge in [0.2, 0.25) is 41.4 Å². The first kappa shape index (κ1) is 73.6. The molecule has 0 aromatic heterocycles. The number of aliphatic hydroxyl groups is 1. The van der Waals surface area contributed by atoms with Crippen LogP contribution in [-0.2, 0) is 102 Å². The molecule has 4 aliphatic carbocycles. The molecule has 26 heteroatoms. The molecule has 9 rings (SSSR count). The Labute approximate surface area is 563 Å². The maximum Gasteiger partial charge on any atom is 0.243 e. The molecule has 2 aliphatic heterocycles. The Morgan fingerprint density at radius 3 is 2.03 bits per heavy atom. The van der Waals surface area contributed by atoms with Gasteiger partial charge in [0, 0.05) is 54.7 Å². The van der Waals surface area contributed by atoms with Gasteiger partial charge < -0.3 is 75.1 Å². The SMILES string of the molecule is CCCC1O[C@@H]2C[C@H]3[C@@H]4C[C@H](F)C5=CC(=O)C=C[C@]5(C)[C@@]4(F)[C@@H](O)C[C@]3(C)[C@]2(C(=O)COCNC(=O)CNC(=O)[C@H](Cc2ccccc2)NC(=O)CNC(=O)CNC(=O)CCOCCOCCOCCOCCNC(=O)CCC(=O)N2Cc3ccccc3CCc3ccccc32)O1. The number of ketones is 2. The number of fused-ring (bicyclic) bond motifs is 9. The van der Waals surface area contributed by atoms with Gasteiger partial charge >= 0.3 is 0 Å². The molecule has 0 bridgehead atoms. The van der Waals surface area contributed by atoms with Crippen molar-refractivity contribution >= 4 is 58.6 Å². The fourth-order valence-corrected chi connectivity index (χ4v) is 14.8. The molecule has 11 atom stereocenters. The maximum absolute atomic E-state index is 17.9. The second kappa shape index (κ2) is 34.2. The summed E-state index contributed by atoms with van der Waals surface area (Å²) in [5.74, 6) is -6.45. The second-order valence-electron chi connectivity index (χ2n) is 25.8. The number of nitrogens with one attached hydrogen (secondary N) is 6. The first-order chi connectivity index (χ1) is 46.7. The first-order valence-corrected chi connectivity index (χ1v) is 33.5. The number of alkyl halides is 2. The molecule has 6 aliphatic rings. The molecule has 3 aromatic rings. The molecular weight excluding hydrogens is 1260 g/mol. The molecule has 1 saturated heterocycles. The third-order valence-electron chi connectivity index (χ3n) is 19.6. The average Bonchev–Trinajstić information content (AvgIpc) is 1.59. The number of nitrogens with zero attached hydrogens (tertiary/aromatic N) is 1. The number of hydrogen-bond donors (Lipinski definition) is 7. The fourth-order valence-electron chi connectivity index (χ4n) is 14.8. The van der Waals surface area contributed by atoms with E-state index in [1.165, 1.54) is 24.6 Å². The summed E-state index contributed by atoms with van der Waals surface area (Å²) in [5, 5.41) is 27.1. The Bertz CT molecular complexity index is 3360. The summed E-state index contributed by atoms with van der Waals surface area (Å²) in [6, 6.07) is 23.6. The Kier molecular flexibility index (Phi) is 25.9. The largest absolute Gasteiger partial charge is 0.390 e. The fraction of sp³-hybridized carbons (Fsp3) is 0.563. The van der Waals surface area contributed by atoms with Gasteiger partial charge in [-0.3, -0.25) is 43.2 Å². The minimum Gasteiger partial charge on any atom is -0.390 e. The van der Waals surface area contributed by atoms with Crippen molar-refractivity contribution in [1.29, 1.82) is 0 Å². The van der Waals surface area contributed by atoms with Crippen LogP contribution in [0.2, 0.25) is 0 Å². The first-order valence-electron chi connectivity index (χ1n) is 33.5. The Balaban J connectivity index is 0.600. The molecule has 4 fully saturated rings. The van der Waals surface area contributed by atoms with Crippen LogP contribution in [0.1, 0.15) is 94.4 Å². The monoisotopic (exact) mass is 1350 g/mol. The molecule has 3 aromatic carbocycles. The van der Waals surface area contributed by atoms with Gasteiger partial charge in [-0.1, -0.05) is 99.1 Å². The number of ether oxygens (including phenoxy) is 7. The lowest BCUT2D eigenvalue weighted by Gasteiger charge is -2.63. The van der Waals surface area contributed by atoms with Crippen molar-refractivity contribution in [2.75, 3.05) is 97.3 Å². The molecule has 0 radical (unpaired) electrons. The molecule has 97 heavy (non-hydrogen) atoms. The summed E-state index contributed by atoms with van der Waals surface area (Å²) in [6.07, 6.45) is 1.14. The summed E-state index contributed by atoms with van der Waals surface area (Å²) in [7, 11) is 0. The van der Waals surface area contributed by atoms with Crippen molar-refractivity contribution in [2.24, 2.45) is 22.7 Å². The summed E-state index contributed by atoms with van der Waals surface area (Å²) in [6.45, 7) is 5.29. The van der Waals surface area contributed by atoms with Gasteiger partial charge in [0.05, 0.1) is 91.2 Å². The van der Waals surface area contributed by atoms with Crippen molar-refractivity contribution in [1.82, 2.24) is 31.9 Å². The van der Waals surface area contributed by atoms with Gasteiger partial charge in [-0.15, -0.1) is 0 Å². The zero-order valence-corrected chi connectivity index (χ0v) is 55.3. The topological polar surface area (TPSA) is 314 Å². The van der Waals surface area contributed by atoms with Crippen molar-refractivity contribution in [3.8, 4) is 0 Å². The molecule has 7 N–H and O–H groups in total. The lowest BCUT2D eigenvalue weighted by molar-refractivity contribution is -0.235. The summed E-state index contributed by atoms with van der Waals surface area (Å²) in [4.78, 5) is 119. The van der Waals surface area contributed by atoms with Crippen molar-refractivity contribution in [3.63, 3.8) is 0 Å². The molecule has 3 saturated carbocycles. The van der Waals surface area contributed by atoms with Crippen LogP contribution in [0.5, 0.6) is 0 Å². The molecule has 0 spiro atoms. The highest BCUT2D eigenvalue weighted by molar-refractivity contribution is 6.01. The van der Waals surface area contributed by atoms with Crippen LogP contribution in [0.3, 0.4) is 0 Å². The Hall–Kier alpha value is -7.69. The Morgan fingerprint density at radius 2 is 1.30 bits per heavy atom. The molecule has 526 valence electrons. The van der Waals surface area contributed by atoms with Gasteiger partial charge in [0.1, 0.15) is 25.6 Å². The summed E-state index contributed by atoms with van der Waals surface area (Å²) >= 11 is 0. The number of carbonyl (C=O) groups is 9. The number of rotatable bonds is 35. The van der Waals surface area contributed by atoms with Crippen LogP contribution in [0.15, 0.2) is 103 Å². The van der Waals surface area contributed by atoms with Crippen molar-refractivity contribution < 1.29 is 90.2 Å². The molecular formula is C71H91F2N7O17. The van der Waals surface area contributed by atoms with Crippen molar-refractivity contribution in [3.05, 3.63) is 125 Å². The van der Waals surface area contributed by atoms with Crippen LogP contribution in [0.25, 0.3) is 0 Å². The predicted molar refractivity (Wildman–Crippen MR) is 348 cm³/mol. The van der Waals surface area contributed by atoms with E-state index in [0.29, 0.717) is 57.9 Å². The smallest absolute Gasteiger partial charge is 0.243 e. The van der Waals surface area contributed by atoms with E-state index in [-0.39, 0.29) is 88.8 Å². The normalized spacial score (nSPS) is 26.2. The van der Waals surface area contributed by atoms with E-state index >= 15 is 8.78 Å². The maximum atomic E-state index is 17.9. The number of anilines is 1. The van der Waals surface area contributed by atoms with Crippen LogP contribution in [-0.4, -0.2) is 192 Å². The zero-order chi connectivity index (χ0) is 69.2. The van der Waals surface area contributed by atoms with E-state index in [1.54, 1.807) is 42.2 Å². The number of aryl methyl sites for hydroxylation is 2. The van der Waals surface area contributed by atoms with Crippen molar-refractivity contribution in [2.45, 2.75) is 140 Å². The van der Waals surface area contributed by atoms with Gasteiger partial charge in [-0.25, -0.2) is 8.78 Å². The van der Waals surface area contributed by atoms with E-state index in [4.69, 9.17) is 33.2 Å². The summed E-state index contributed by atoms with van der Waals surface area (Å²) < 4.78 is 74.7. The number of allylic oxidation sites excluding steroid dienone is 4. The molecule has 7 amide bonds. The zero-order valence-electron chi connectivity index (χ0n) is 55.3. The number of hydrogen-bond acceptors (Lipinski definition) is 17. The molecule has 2 heterocycles. The van der Waals surface area contributed by atoms with Gasteiger partial charge in [0.15, 0.2) is 29.1 Å². The highest BCUT2D eigenvalue weighted by Crippen LogP contribution is 2.72. The summed E-state index contributed by atoms with van der Waals surface area (Å²) in [5.41, 5.74) is -1.99. The number of amides is 7. The third kappa shape index (κ3) is 17.6. The lowest BCUT2D eigenvalue weighted by Crippen LogP contribution is -2.71. The Morgan fingerprint density at radius 1 is 0.680 bits per heavy atom. The average molecular weight is 1350 g/mol. The van der Waals surface area contributed by atoms with E-state index in [0.717, 1.165) is 35.7 Å². The van der Waals surface area contributed by atoms with Gasteiger partial charge in [-0.2, -0.15) is 0 Å². The quantitative estimate of drug-likeness (QED) is 0.0327. The number of benzene rings is 3. The predicted octanol–water partition coefficient (Wildman–Crippen LogP) is 3.62. The number of aliphatic hydroxyl groups excluding tert-OH is 1. The minimum absolute atomic E-state index is 0.0163. The third-order valence-corrected chi connectivity index (χ3v) is 19.6. The van der Waals surface area contributed by atoms with Crippen LogP contribution in [0.4, 0.5) is 14.5 Å². The standard InChI is InChI=1S/C71H91F2N7O17/c1-4-12-66-96-59-38-51-52-37-54(72)53-36-50(81)23-25-68(53,2)70(52,73)57(82)39-69(51,3)71(59,97-66)58(83)44-95-45-78-63(87)41-77-67(90)55(35-46-13-6-5-7-14-46)79-64(88)42-76-62(86)40-75-61(85)24-27-91-29-31-93-33-34-94-32-30-92-28-26-74-60(84)21-22-65(89)80-43-49-17-9-8-15-47(49)19-20-48-16-10-11-18-56(48)80/h5-11,13-18,23,25,36,51-52,54-55,57,59,66,82H,4,12,19-22,24,26-35,37-45H2,1-3H3,(H,74,84)(H,75,85)(H,76,86)(H,77,90)(H,78,87)(H,79,88)/t51-,52-,54-,55-,57-,59+,66?,68-,69-,70-,71+/m0/s1.